The first-order valence-corrected chi connectivity index (χ1v) is 9.01. The second kappa shape index (κ2) is 7.43. The molecule has 2 rings (SSSR count). The Morgan fingerprint density at radius 1 is 1.19 bits per heavy atom. The summed E-state index contributed by atoms with van der Waals surface area (Å²) in [5.74, 6) is 0.790. The van der Waals surface area contributed by atoms with E-state index in [0.29, 0.717) is 23.7 Å². The van der Waals surface area contributed by atoms with Crippen LogP contribution in [0.2, 0.25) is 0 Å². The summed E-state index contributed by atoms with van der Waals surface area (Å²) < 4.78 is 5.88. The second-order valence-electron chi connectivity index (χ2n) is 8.20. The molecular formula is C18H36N2O. The Labute approximate surface area is 131 Å². The molecule has 1 saturated carbocycles. The molecule has 1 aliphatic heterocycles. The first kappa shape index (κ1) is 17.2. The summed E-state index contributed by atoms with van der Waals surface area (Å²) in [7, 11) is 0. The predicted molar refractivity (Wildman–Crippen MR) is 89.7 cm³/mol. The van der Waals surface area contributed by atoms with Gasteiger partial charge in [-0.15, -0.1) is 0 Å². The summed E-state index contributed by atoms with van der Waals surface area (Å²) in [6.07, 6.45) is 6.06. The minimum atomic E-state index is 0.382. The van der Waals surface area contributed by atoms with E-state index >= 15 is 0 Å². The Morgan fingerprint density at radius 3 is 2.48 bits per heavy atom. The van der Waals surface area contributed by atoms with Crippen molar-refractivity contribution in [2.75, 3.05) is 26.2 Å². The number of nitrogens with zero attached hydrogens (tertiary/aromatic N) is 1. The Morgan fingerprint density at radius 2 is 1.86 bits per heavy atom. The first-order valence-electron chi connectivity index (χ1n) is 9.01. The van der Waals surface area contributed by atoms with Crippen LogP contribution in [0.1, 0.15) is 60.3 Å². The third kappa shape index (κ3) is 5.22. The topological polar surface area (TPSA) is 24.5 Å². The largest absolute Gasteiger partial charge is 0.373 e. The van der Waals surface area contributed by atoms with Gasteiger partial charge in [0.2, 0.25) is 0 Å². The maximum Gasteiger partial charge on any atom is 0.0678 e. The van der Waals surface area contributed by atoms with Gasteiger partial charge in [-0.3, -0.25) is 4.90 Å². The van der Waals surface area contributed by atoms with Gasteiger partial charge in [0, 0.05) is 25.7 Å². The summed E-state index contributed by atoms with van der Waals surface area (Å²) in [5, 5.41) is 3.81. The minimum Gasteiger partial charge on any atom is -0.373 e. The lowest BCUT2D eigenvalue weighted by molar-refractivity contribution is -0.0755. The molecule has 0 amide bonds. The maximum atomic E-state index is 5.88. The van der Waals surface area contributed by atoms with Gasteiger partial charge in [0.25, 0.3) is 0 Å². The Bertz CT molecular complexity index is 308. The molecular weight excluding hydrogens is 260 g/mol. The molecule has 0 aromatic carbocycles. The van der Waals surface area contributed by atoms with Crippen LogP contribution in [0.15, 0.2) is 0 Å². The van der Waals surface area contributed by atoms with E-state index in [1.54, 1.807) is 0 Å². The third-order valence-electron chi connectivity index (χ3n) is 5.16. The highest BCUT2D eigenvalue weighted by molar-refractivity contribution is 4.91. The molecule has 1 saturated heterocycles. The highest BCUT2D eigenvalue weighted by atomic mass is 16.5. The van der Waals surface area contributed by atoms with E-state index in [0.717, 1.165) is 25.6 Å². The van der Waals surface area contributed by atoms with E-state index in [9.17, 15) is 0 Å². The smallest absolute Gasteiger partial charge is 0.0678 e. The van der Waals surface area contributed by atoms with Crippen LogP contribution in [0.25, 0.3) is 0 Å². The molecule has 3 nitrogen and oxygen atoms in total. The van der Waals surface area contributed by atoms with Crippen molar-refractivity contribution in [1.82, 2.24) is 10.2 Å². The summed E-state index contributed by atoms with van der Waals surface area (Å²) in [4.78, 5) is 2.64. The van der Waals surface area contributed by atoms with Crippen molar-refractivity contribution < 1.29 is 4.74 Å². The van der Waals surface area contributed by atoms with Crippen molar-refractivity contribution in [2.45, 2.75) is 78.6 Å². The van der Waals surface area contributed by atoms with Gasteiger partial charge in [0.1, 0.15) is 0 Å². The number of nitrogens with one attached hydrogen (secondary N) is 1. The molecule has 0 spiro atoms. The van der Waals surface area contributed by atoms with E-state index < -0.39 is 0 Å². The fourth-order valence-corrected chi connectivity index (χ4v) is 4.29. The SMILES string of the molecule is CCCNC1CCC(C)(C)CC1CN1C[C@@H](C)O[C@@H](C)C1. The number of morpholine rings is 1. The lowest BCUT2D eigenvalue weighted by Gasteiger charge is -2.45. The molecule has 1 N–H and O–H groups in total. The van der Waals surface area contributed by atoms with Crippen molar-refractivity contribution in [2.24, 2.45) is 11.3 Å². The van der Waals surface area contributed by atoms with Gasteiger partial charge in [-0.05, 0) is 57.4 Å². The van der Waals surface area contributed by atoms with Gasteiger partial charge < -0.3 is 10.1 Å². The minimum absolute atomic E-state index is 0.382. The number of rotatable bonds is 5. The summed E-state index contributed by atoms with van der Waals surface area (Å²) >= 11 is 0. The molecule has 2 unspecified atom stereocenters. The molecule has 0 aromatic rings. The Kier molecular flexibility index (Phi) is 6.10. The van der Waals surface area contributed by atoms with Gasteiger partial charge in [0.15, 0.2) is 0 Å². The van der Waals surface area contributed by atoms with E-state index in [4.69, 9.17) is 4.74 Å². The predicted octanol–water partition coefficient (Wildman–Crippen LogP) is 3.29. The number of ether oxygens (including phenoxy) is 1. The maximum absolute atomic E-state index is 5.88. The molecule has 3 heteroatoms. The van der Waals surface area contributed by atoms with Crippen molar-refractivity contribution in [3.05, 3.63) is 0 Å². The van der Waals surface area contributed by atoms with Gasteiger partial charge in [-0.25, -0.2) is 0 Å². The van der Waals surface area contributed by atoms with Gasteiger partial charge in [0.05, 0.1) is 12.2 Å². The highest BCUT2D eigenvalue weighted by Crippen LogP contribution is 2.39. The zero-order valence-electron chi connectivity index (χ0n) is 14.8. The Hall–Kier alpha value is -0.120. The molecule has 4 atom stereocenters. The average Bonchev–Trinajstić information content (AvgIpc) is 2.36. The molecule has 124 valence electrons. The zero-order chi connectivity index (χ0) is 15.5. The Balaban J connectivity index is 1.95. The fraction of sp³-hybridized carbons (Fsp3) is 1.00. The fourth-order valence-electron chi connectivity index (χ4n) is 4.29. The second-order valence-corrected chi connectivity index (χ2v) is 8.20. The third-order valence-corrected chi connectivity index (χ3v) is 5.16. The van der Waals surface area contributed by atoms with Crippen LogP contribution in [0.5, 0.6) is 0 Å². The highest BCUT2D eigenvalue weighted by Gasteiger charge is 2.36. The van der Waals surface area contributed by atoms with Crippen LogP contribution in [0.3, 0.4) is 0 Å². The normalized spacial score (nSPS) is 37.6. The molecule has 0 bridgehead atoms. The standard InChI is InChI=1S/C18H36N2O/c1-6-9-19-17-7-8-18(4,5)10-16(17)13-20-11-14(2)21-15(3)12-20/h14-17,19H,6-13H2,1-5H3/t14-,15+,16?,17?. The molecule has 21 heavy (non-hydrogen) atoms. The molecule has 2 fully saturated rings. The van der Waals surface area contributed by atoms with E-state index in [2.05, 4.69) is 44.8 Å². The van der Waals surface area contributed by atoms with Crippen molar-refractivity contribution in [3.63, 3.8) is 0 Å². The van der Waals surface area contributed by atoms with Crippen LogP contribution >= 0.6 is 0 Å². The van der Waals surface area contributed by atoms with Crippen LogP contribution in [-0.4, -0.2) is 49.3 Å². The van der Waals surface area contributed by atoms with Crippen molar-refractivity contribution in [3.8, 4) is 0 Å². The molecule has 0 radical (unpaired) electrons. The summed E-state index contributed by atoms with van der Waals surface area (Å²) in [6.45, 7) is 16.2. The average molecular weight is 296 g/mol. The molecule has 2 aliphatic rings. The van der Waals surface area contributed by atoms with Gasteiger partial charge >= 0.3 is 0 Å². The lowest BCUT2D eigenvalue weighted by Crippen LogP contribution is -2.52. The first-order chi connectivity index (χ1) is 9.89. The van der Waals surface area contributed by atoms with Gasteiger partial charge in [-0.2, -0.15) is 0 Å². The van der Waals surface area contributed by atoms with Crippen LogP contribution in [0.4, 0.5) is 0 Å². The number of hydrogen-bond donors (Lipinski definition) is 1. The molecule has 0 aromatic heterocycles. The van der Waals surface area contributed by atoms with E-state index in [1.165, 1.54) is 32.2 Å². The lowest BCUT2D eigenvalue weighted by atomic mass is 9.69. The van der Waals surface area contributed by atoms with Crippen LogP contribution in [-0.2, 0) is 4.74 Å². The van der Waals surface area contributed by atoms with Gasteiger partial charge in [-0.1, -0.05) is 20.8 Å². The monoisotopic (exact) mass is 296 g/mol. The summed E-state index contributed by atoms with van der Waals surface area (Å²) in [6, 6.07) is 0.714. The molecule has 1 heterocycles. The van der Waals surface area contributed by atoms with Crippen molar-refractivity contribution >= 4 is 0 Å². The quantitative estimate of drug-likeness (QED) is 0.842. The van der Waals surface area contributed by atoms with E-state index in [-0.39, 0.29) is 0 Å². The van der Waals surface area contributed by atoms with Crippen molar-refractivity contribution in [1.29, 1.82) is 0 Å². The van der Waals surface area contributed by atoms with E-state index in [1.807, 2.05) is 0 Å². The zero-order valence-corrected chi connectivity index (χ0v) is 14.8. The van der Waals surface area contributed by atoms with Crippen LogP contribution < -0.4 is 5.32 Å². The summed E-state index contributed by atoms with van der Waals surface area (Å²) in [5.41, 5.74) is 0.512. The van der Waals surface area contributed by atoms with Crippen LogP contribution in [0, 0.1) is 11.3 Å². The molecule has 1 aliphatic carbocycles. The number of hydrogen-bond acceptors (Lipinski definition) is 3.